The van der Waals surface area contributed by atoms with Crippen molar-refractivity contribution in [2.24, 2.45) is 0 Å². The topological polar surface area (TPSA) is 74.2 Å². The molecule has 4 rings (SSSR count). The Hall–Kier alpha value is -3.68. The molecule has 1 aromatic heterocycles. The van der Waals surface area contributed by atoms with Crippen LogP contribution < -0.4 is 10.6 Å². The van der Waals surface area contributed by atoms with Crippen LogP contribution in [0.5, 0.6) is 0 Å². The fourth-order valence-corrected chi connectivity index (χ4v) is 4.28. The molecule has 0 saturated heterocycles. The molecule has 1 heterocycles. The molecule has 0 saturated carbocycles. The lowest BCUT2D eigenvalue weighted by Crippen LogP contribution is -2.48. The summed E-state index contributed by atoms with van der Waals surface area (Å²) in [5.41, 5.74) is 3.00. The summed E-state index contributed by atoms with van der Waals surface area (Å²) >= 11 is 0. The monoisotopic (exact) mass is 489 g/mol. The van der Waals surface area contributed by atoms with E-state index in [9.17, 15) is 18.7 Å². The maximum absolute atomic E-state index is 13.8. The van der Waals surface area contributed by atoms with Gasteiger partial charge in [-0.05, 0) is 47.1 Å². The van der Waals surface area contributed by atoms with Crippen LogP contribution in [0.4, 0.5) is 8.78 Å². The highest BCUT2D eigenvalue weighted by molar-refractivity contribution is 6.06. The van der Waals surface area contributed by atoms with Crippen molar-refractivity contribution >= 4 is 16.7 Å². The fourth-order valence-electron chi connectivity index (χ4n) is 4.28. The Kier molecular flexibility index (Phi) is 8.36. The normalized spacial score (nSPS) is 12.9. The lowest BCUT2D eigenvalue weighted by atomic mass is 9.99. The van der Waals surface area contributed by atoms with E-state index in [4.69, 9.17) is 0 Å². The van der Waals surface area contributed by atoms with Crippen molar-refractivity contribution in [2.45, 2.75) is 38.5 Å². The van der Waals surface area contributed by atoms with E-state index in [0.29, 0.717) is 17.7 Å². The predicted octanol–water partition coefficient (Wildman–Crippen LogP) is 4.57. The van der Waals surface area contributed by atoms with E-state index in [1.807, 2.05) is 36.4 Å². The minimum atomic E-state index is -1.02. The summed E-state index contributed by atoms with van der Waals surface area (Å²) in [6.45, 7) is 2.80. The number of rotatable bonds is 10. The number of fused-ring (bicyclic) bond motifs is 1. The van der Waals surface area contributed by atoms with Crippen LogP contribution in [0, 0.1) is 11.6 Å². The van der Waals surface area contributed by atoms with Crippen LogP contribution in [0.25, 0.3) is 10.8 Å². The van der Waals surface area contributed by atoms with E-state index >= 15 is 0 Å². The first-order chi connectivity index (χ1) is 17.4. The molecule has 4 aromatic rings. The molecule has 7 heteroatoms. The summed E-state index contributed by atoms with van der Waals surface area (Å²) < 4.78 is 27.6. The van der Waals surface area contributed by atoms with Crippen LogP contribution >= 0.6 is 0 Å². The van der Waals surface area contributed by atoms with Crippen LogP contribution in [0.15, 0.2) is 79.1 Å². The van der Waals surface area contributed by atoms with Crippen LogP contribution in [0.3, 0.4) is 0 Å². The Morgan fingerprint density at radius 3 is 2.47 bits per heavy atom. The SMILES string of the molecule is CCc1cccc(CNC[C@@H](O)[C@H](Cc2cc(F)cc(F)c2)NC(=O)c2cncc3ccccc23)c1. The number of carbonyl (C=O) groups is 1. The lowest BCUT2D eigenvalue weighted by molar-refractivity contribution is 0.0831. The highest BCUT2D eigenvalue weighted by atomic mass is 19.1. The molecular weight excluding hydrogens is 460 g/mol. The first-order valence-electron chi connectivity index (χ1n) is 12.0. The van der Waals surface area contributed by atoms with Gasteiger partial charge in [-0.15, -0.1) is 0 Å². The van der Waals surface area contributed by atoms with Gasteiger partial charge in [0, 0.05) is 36.9 Å². The first-order valence-corrected chi connectivity index (χ1v) is 12.0. The number of pyridine rings is 1. The molecule has 5 nitrogen and oxygen atoms in total. The molecule has 3 N–H and O–H groups in total. The number of halogens is 2. The number of amides is 1. The number of benzene rings is 3. The molecular formula is C29H29F2N3O2. The van der Waals surface area contributed by atoms with Crippen LogP contribution in [0.1, 0.15) is 34.0 Å². The quantitative estimate of drug-likeness (QED) is 0.305. The molecule has 0 aliphatic rings. The van der Waals surface area contributed by atoms with Gasteiger partial charge in [-0.25, -0.2) is 8.78 Å². The van der Waals surface area contributed by atoms with Gasteiger partial charge in [-0.2, -0.15) is 0 Å². The maximum Gasteiger partial charge on any atom is 0.253 e. The predicted molar refractivity (Wildman–Crippen MR) is 137 cm³/mol. The molecule has 0 aliphatic heterocycles. The van der Waals surface area contributed by atoms with Crippen LogP contribution in [-0.2, 0) is 19.4 Å². The number of aliphatic hydroxyl groups is 1. The Morgan fingerprint density at radius 2 is 1.69 bits per heavy atom. The van der Waals surface area contributed by atoms with E-state index in [1.54, 1.807) is 6.20 Å². The molecule has 36 heavy (non-hydrogen) atoms. The van der Waals surface area contributed by atoms with Crippen molar-refractivity contribution in [1.82, 2.24) is 15.6 Å². The molecule has 3 aromatic carbocycles. The number of carbonyl (C=O) groups excluding carboxylic acids is 1. The highest BCUT2D eigenvalue weighted by Crippen LogP contribution is 2.18. The van der Waals surface area contributed by atoms with Crippen LogP contribution in [-0.4, -0.2) is 34.7 Å². The smallest absolute Gasteiger partial charge is 0.253 e. The summed E-state index contributed by atoms with van der Waals surface area (Å²) in [5, 5.41) is 18.6. The second kappa shape index (κ2) is 11.8. The molecule has 0 aliphatic carbocycles. The zero-order valence-electron chi connectivity index (χ0n) is 20.0. The lowest BCUT2D eigenvalue weighted by Gasteiger charge is -2.25. The van der Waals surface area contributed by atoms with Gasteiger partial charge in [0.25, 0.3) is 5.91 Å². The van der Waals surface area contributed by atoms with Crippen molar-refractivity contribution in [3.05, 3.63) is 113 Å². The number of nitrogens with zero attached hydrogens (tertiary/aromatic N) is 1. The van der Waals surface area contributed by atoms with E-state index in [1.165, 1.54) is 23.9 Å². The van der Waals surface area contributed by atoms with E-state index < -0.39 is 29.7 Å². The third-order valence-corrected chi connectivity index (χ3v) is 6.15. The number of hydrogen-bond acceptors (Lipinski definition) is 4. The first kappa shape index (κ1) is 25.4. The third kappa shape index (κ3) is 6.50. The summed E-state index contributed by atoms with van der Waals surface area (Å²) in [6, 6.07) is 17.9. The zero-order valence-corrected chi connectivity index (χ0v) is 20.0. The number of aryl methyl sites for hydroxylation is 1. The van der Waals surface area contributed by atoms with Gasteiger partial charge in [-0.3, -0.25) is 9.78 Å². The van der Waals surface area contributed by atoms with Gasteiger partial charge < -0.3 is 15.7 Å². The Labute approximate surface area is 209 Å². The average molecular weight is 490 g/mol. The molecule has 2 atom stereocenters. The minimum absolute atomic E-state index is 0.0484. The largest absolute Gasteiger partial charge is 0.390 e. The molecule has 0 unspecified atom stereocenters. The van der Waals surface area contributed by atoms with Crippen molar-refractivity contribution in [2.75, 3.05) is 6.54 Å². The number of hydrogen-bond donors (Lipinski definition) is 3. The maximum atomic E-state index is 13.8. The molecule has 186 valence electrons. The molecule has 0 fully saturated rings. The van der Waals surface area contributed by atoms with Gasteiger partial charge in [0.2, 0.25) is 0 Å². The Morgan fingerprint density at radius 1 is 0.944 bits per heavy atom. The van der Waals surface area contributed by atoms with Crippen molar-refractivity contribution in [3.63, 3.8) is 0 Å². The molecule has 1 amide bonds. The summed E-state index contributed by atoms with van der Waals surface area (Å²) in [4.78, 5) is 17.4. The Balaban J connectivity index is 1.51. The third-order valence-electron chi connectivity index (χ3n) is 6.15. The fraction of sp³-hybridized carbons (Fsp3) is 0.241. The van der Waals surface area contributed by atoms with Crippen molar-refractivity contribution in [3.8, 4) is 0 Å². The minimum Gasteiger partial charge on any atom is -0.390 e. The van der Waals surface area contributed by atoms with Gasteiger partial charge in [0.1, 0.15) is 11.6 Å². The number of aromatic nitrogens is 1. The molecule has 0 radical (unpaired) electrons. The van der Waals surface area contributed by atoms with Gasteiger partial charge in [-0.1, -0.05) is 55.5 Å². The number of aliphatic hydroxyl groups excluding tert-OH is 1. The second-order valence-corrected chi connectivity index (χ2v) is 8.84. The highest BCUT2D eigenvalue weighted by Gasteiger charge is 2.24. The van der Waals surface area contributed by atoms with Gasteiger partial charge >= 0.3 is 0 Å². The van der Waals surface area contributed by atoms with E-state index in [2.05, 4.69) is 34.7 Å². The summed E-state index contributed by atoms with van der Waals surface area (Å²) in [6.07, 6.45) is 3.11. The molecule has 0 bridgehead atoms. The summed E-state index contributed by atoms with van der Waals surface area (Å²) in [7, 11) is 0. The molecule has 0 spiro atoms. The Bertz CT molecular complexity index is 1320. The van der Waals surface area contributed by atoms with Crippen LogP contribution in [0.2, 0.25) is 0 Å². The average Bonchev–Trinajstić information content (AvgIpc) is 2.87. The standard InChI is InChI=1S/C29H29F2N3O2/c1-2-19-6-5-7-20(10-19)15-32-18-28(35)27(13-21-11-23(30)14-24(31)12-21)34-29(36)26-17-33-16-22-8-3-4-9-25(22)26/h3-12,14,16-17,27-28,32,35H,2,13,15,18H2,1H3,(H,34,36)/t27-,28+/m0/s1. The summed E-state index contributed by atoms with van der Waals surface area (Å²) in [5.74, 6) is -1.84. The number of nitrogens with one attached hydrogen (secondary N) is 2. The van der Waals surface area contributed by atoms with Crippen molar-refractivity contribution < 1.29 is 18.7 Å². The van der Waals surface area contributed by atoms with E-state index in [-0.39, 0.29) is 13.0 Å². The zero-order chi connectivity index (χ0) is 25.5. The van der Waals surface area contributed by atoms with E-state index in [0.717, 1.165) is 28.8 Å². The van der Waals surface area contributed by atoms with Gasteiger partial charge in [0.15, 0.2) is 0 Å². The second-order valence-electron chi connectivity index (χ2n) is 8.84. The van der Waals surface area contributed by atoms with Gasteiger partial charge in [0.05, 0.1) is 17.7 Å². The van der Waals surface area contributed by atoms with Crippen molar-refractivity contribution in [1.29, 1.82) is 0 Å².